The van der Waals surface area contributed by atoms with Crippen LogP contribution in [0.2, 0.25) is 5.02 Å². The van der Waals surface area contributed by atoms with E-state index in [2.05, 4.69) is 27.1 Å². The van der Waals surface area contributed by atoms with Crippen LogP contribution in [0.25, 0.3) is 0 Å². The molecule has 6 nitrogen and oxygen atoms in total. The number of aromatic nitrogens is 2. The van der Waals surface area contributed by atoms with Gasteiger partial charge in [-0.05, 0) is 97.5 Å². The van der Waals surface area contributed by atoms with E-state index in [9.17, 15) is 9.59 Å². The number of hydrogen-bond donors (Lipinski definition) is 1. The van der Waals surface area contributed by atoms with Crippen molar-refractivity contribution in [3.8, 4) is 0 Å². The summed E-state index contributed by atoms with van der Waals surface area (Å²) < 4.78 is 7.55. The Balaban J connectivity index is 1.84. The molecular weight excluding hydrogens is 470 g/mol. The molecule has 0 saturated heterocycles. The molecule has 8 heteroatoms. The molecule has 0 atom stereocenters. The standard InChI is InChI=1S/C22H27BrClN3O3/c1-21(2,30-20(25)29)12-13-22(15-4-3-5-16(24)14-15)10-8-17(9-11-22)27-19(28)7-6-18(23)26-27/h3-7,14,17H,8-13H2,1-2H3,(H2,25,29). The Bertz CT molecular complexity index is 968. The van der Waals surface area contributed by atoms with Crippen molar-refractivity contribution >= 4 is 33.6 Å². The number of rotatable bonds is 6. The average Bonchev–Trinajstić information content (AvgIpc) is 2.68. The molecule has 2 N–H and O–H groups in total. The molecule has 1 fully saturated rings. The molecule has 0 bridgehead atoms. The molecule has 2 aromatic rings. The topological polar surface area (TPSA) is 87.2 Å². The van der Waals surface area contributed by atoms with Crippen molar-refractivity contribution in [2.24, 2.45) is 5.73 Å². The molecule has 1 saturated carbocycles. The minimum Gasteiger partial charge on any atom is -0.444 e. The summed E-state index contributed by atoms with van der Waals surface area (Å²) in [7, 11) is 0. The second kappa shape index (κ2) is 9.10. The van der Waals surface area contributed by atoms with Gasteiger partial charge < -0.3 is 10.5 Å². The SMILES string of the molecule is CC(C)(CCC1(c2cccc(Cl)c2)CCC(n2nc(Br)ccc2=O)CC1)OC(N)=O. The number of nitrogens with two attached hydrogens (primary N) is 1. The molecule has 162 valence electrons. The highest BCUT2D eigenvalue weighted by Gasteiger charge is 2.39. The van der Waals surface area contributed by atoms with E-state index >= 15 is 0 Å². The average molecular weight is 497 g/mol. The molecule has 1 aromatic carbocycles. The molecule has 1 aromatic heterocycles. The monoisotopic (exact) mass is 495 g/mol. The fourth-order valence-electron chi connectivity index (χ4n) is 4.43. The molecular formula is C22H27BrClN3O3. The van der Waals surface area contributed by atoms with Crippen molar-refractivity contribution < 1.29 is 9.53 Å². The zero-order valence-electron chi connectivity index (χ0n) is 17.2. The zero-order valence-corrected chi connectivity index (χ0v) is 19.6. The Hall–Kier alpha value is -1.86. The molecule has 0 aliphatic heterocycles. The molecule has 1 aliphatic rings. The Kier molecular flexibility index (Phi) is 6.92. The first-order valence-corrected chi connectivity index (χ1v) is 11.3. The number of carbonyl (C=O) groups excluding carboxylic acids is 1. The van der Waals surface area contributed by atoms with Gasteiger partial charge in [-0.3, -0.25) is 4.79 Å². The normalized spacial score (nSPS) is 21.9. The van der Waals surface area contributed by atoms with E-state index in [1.165, 1.54) is 5.56 Å². The molecule has 0 radical (unpaired) electrons. The summed E-state index contributed by atoms with van der Waals surface area (Å²) in [6.07, 6.45) is 4.14. The summed E-state index contributed by atoms with van der Waals surface area (Å²) in [5.74, 6) is 0. The predicted octanol–water partition coefficient (Wildman–Crippen LogP) is 5.37. The summed E-state index contributed by atoms with van der Waals surface area (Å²) >= 11 is 9.66. The molecule has 0 spiro atoms. The summed E-state index contributed by atoms with van der Waals surface area (Å²) in [5.41, 5.74) is 5.56. The van der Waals surface area contributed by atoms with E-state index < -0.39 is 11.7 Å². The highest BCUT2D eigenvalue weighted by atomic mass is 79.9. The third-order valence-electron chi connectivity index (χ3n) is 6.07. The fraction of sp³-hybridized carbons (Fsp3) is 0.500. The van der Waals surface area contributed by atoms with E-state index in [-0.39, 0.29) is 17.0 Å². The summed E-state index contributed by atoms with van der Waals surface area (Å²) in [5, 5.41) is 5.08. The van der Waals surface area contributed by atoms with Crippen LogP contribution in [0.4, 0.5) is 4.79 Å². The summed E-state index contributed by atoms with van der Waals surface area (Å²) in [6.45, 7) is 3.75. The largest absolute Gasteiger partial charge is 0.444 e. The molecule has 1 amide bonds. The van der Waals surface area contributed by atoms with Gasteiger partial charge >= 0.3 is 6.09 Å². The second-order valence-electron chi connectivity index (χ2n) is 8.64. The second-order valence-corrected chi connectivity index (χ2v) is 9.89. The lowest BCUT2D eigenvalue weighted by atomic mass is 9.65. The third-order valence-corrected chi connectivity index (χ3v) is 6.73. The first kappa shape index (κ1) is 22.8. The van der Waals surface area contributed by atoms with Gasteiger partial charge in [-0.15, -0.1) is 0 Å². The lowest BCUT2D eigenvalue weighted by molar-refractivity contribution is 0.0290. The molecule has 30 heavy (non-hydrogen) atoms. The first-order valence-electron chi connectivity index (χ1n) is 10.1. The van der Waals surface area contributed by atoms with E-state index in [0.717, 1.165) is 32.1 Å². The number of ether oxygens (including phenoxy) is 1. The van der Waals surface area contributed by atoms with Crippen LogP contribution in [0.3, 0.4) is 0 Å². The van der Waals surface area contributed by atoms with Crippen LogP contribution in [-0.4, -0.2) is 21.5 Å². The van der Waals surface area contributed by atoms with Crippen molar-refractivity contribution in [1.29, 1.82) is 0 Å². The van der Waals surface area contributed by atoms with Gasteiger partial charge in [0.1, 0.15) is 10.2 Å². The van der Waals surface area contributed by atoms with E-state index in [0.29, 0.717) is 16.0 Å². The quantitative estimate of drug-likeness (QED) is 0.582. The van der Waals surface area contributed by atoms with Gasteiger partial charge in [0.25, 0.3) is 5.56 Å². The number of nitrogens with zero attached hydrogens (tertiary/aromatic N) is 2. The van der Waals surface area contributed by atoms with Crippen LogP contribution < -0.4 is 11.3 Å². The highest BCUT2D eigenvalue weighted by molar-refractivity contribution is 9.10. The lowest BCUT2D eigenvalue weighted by Crippen LogP contribution is -2.39. The van der Waals surface area contributed by atoms with Gasteiger partial charge in [-0.1, -0.05) is 23.7 Å². The first-order chi connectivity index (χ1) is 14.1. The highest BCUT2D eigenvalue weighted by Crippen LogP contribution is 2.47. The molecule has 1 heterocycles. The third kappa shape index (κ3) is 5.43. The smallest absolute Gasteiger partial charge is 0.405 e. The molecule has 0 unspecified atom stereocenters. The van der Waals surface area contributed by atoms with Gasteiger partial charge in [0, 0.05) is 11.1 Å². The van der Waals surface area contributed by atoms with Crippen LogP contribution in [0.15, 0.2) is 45.8 Å². The van der Waals surface area contributed by atoms with E-state index in [1.54, 1.807) is 16.8 Å². The number of carbonyl (C=O) groups is 1. The number of amides is 1. The van der Waals surface area contributed by atoms with Crippen LogP contribution in [0.5, 0.6) is 0 Å². The van der Waals surface area contributed by atoms with Crippen LogP contribution in [-0.2, 0) is 10.2 Å². The van der Waals surface area contributed by atoms with Crippen molar-refractivity contribution in [2.45, 2.75) is 69.4 Å². The van der Waals surface area contributed by atoms with Crippen molar-refractivity contribution in [3.63, 3.8) is 0 Å². The van der Waals surface area contributed by atoms with Crippen LogP contribution >= 0.6 is 27.5 Å². The summed E-state index contributed by atoms with van der Waals surface area (Å²) in [6, 6.07) is 11.2. The Morgan fingerprint density at radius 3 is 2.67 bits per heavy atom. The minimum absolute atomic E-state index is 0.0530. The van der Waals surface area contributed by atoms with Gasteiger partial charge in [0.05, 0.1) is 6.04 Å². The lowest BCUT2D eigenvalue weighted by Gasteiger charge is -2.42. The zero-order chi connectivity index (χ0) is 21.9. The number of benzene rings is 1. The maximum absolute atomic E-state index is 12.3. The fourth-order valence-corrected chi connectivity index (χ4v) is 4.92. The Morgan fingerprint density at radius 1 is 1.33 bits per heavy atom. The van der Waals surface area contributed by atoms with Gasteiger partial charge in [-0.25, -0.2) is 9.48 Å². The summed E-state index contributed by atoms with van der Waals surface area (Å²) in [4.78, 5) is 23.6. The van der Waals surface area contributed by atoms with Gasteiger partial charge in [0.2, 0.25) is 0 Å². The van der Waals surface area contributed by atoms with Gasteiger partial charge in [-0.2, -0.15) is 5.10 Å². The van der Waals surface area contributed by atoms with Crippen molar-refractivity contribution in [3.05, 3.63) is 61.9 Å². The van der Waals surface area contributed by atoms with Crippen LogP contribution in [0.1, 0.15) is 64.0 Å². The Morgan fingerprint density at radius 2 is 2.03 bits per heavy atom. The molecule has 3 rings (SSSR count). The number of primary amides is 1. The molecule has 1 aliphatic carbocycles. The van der Waals surface area contributed by atoms with Crippen molar-refractivity contribution in [1.82, 2.24) is 9.78 Å². The maximum Gasteiger partial charge on any atom is 0.405 e. The minimum atomic E-state index is -0.763. The maximum atomic E-state index is 12.3. The number of hydrogen-bond acceptors (Lipinski definition) is 4. The van der Waals surface area contributed by atoms with E-state index in [1.807, 2.05) is 32.0 Å². The van der Waals surface area contributed by atoms with Crippen LogP contribution in [0, 0.1) is 0 Å². The predicted molar refractivity (Wildman–Crippen MR) is 121 cm³/mol. The van der Waals surface area contributed by atoms with Gasteiger partial charge in [0.15, 0.2) is 0 Å². The van der Waals surface area contributed by atoms with Crippen molar-refractivity contribution in [2.75, 3.05) is 0 Å². The van der Waals surface area contributed by atoms with E-state index in [4.69, 9.17) is 22.1 Å². The Labute approximate surface area is 189 Å². The number of halogens is 2.